The van der Waals surface area contributed by atoms with Crippen LogP contribution in [0.15, 0.2) is 21.7 Å². The molecule has 5 heteroatoms. The molecular formula is C19H37N5. The highest BCUT2D eigenvalue weighted by atomic mass is 15.5. The van der Waals surface area contributed by atoms with Gasteiger partial charge in [0.1, 0.15) is 12.5 Å². The van der Waals surface area contributed by atoms with E-state index in [1.807, 2.05) is 25.9 Å². The predicted molar refractivity (Wildman–Crippen MR) is 106 cm³/mol. The van der Waals surface area contributed by atoms with Crippen LogP contribution in [0.1, 0.15) is 60.8 Å². The van der Waals surface area contributed by atoms with Crippen molar-refractivity contribution in [2.45, 2.75) is 66.3 Å². The summed E-state index contributed by atoms with van der Waals surface area (Å²) < 4.78 is 0. The van der Waals surface area contributed by atoms with Crippen molar-refractivity contribution < 1.29 is 0 Å². The smallest absolute Gasteiger partial charge is 0.130 e. The highest BCUT2D eigenvalue weighted by Gasteiger charge is 2.35. The van der Waals surface area contributed by atoms with Gasteiger partial charge in [0.25, 0.3) is 0 Å². The SMILES string of the molecule is CC/C=C(CNC)\C(=N/CN(CC)N=C(C)C)N1CCCC1(C)C. The largest absolute Gasteiger partial charge is 0.351 e. The number of aliphatic imine (C=N–C) groups is 1. The number of rotatable bonds is 8. The van der Waals surface area contributed by atoms with Gasteiger partial charge >= 0.3 is 0 Å². The van der Waals surface area contributed by atoms with Gasteiger partial charge < -0.3 is 10.2 Å². The first-order valence-corrected chi connectivity index (χ1v) is 9.28. The van der Waals surface area contributed by atoms with Crippen molar-refractivity contribution in [1.82, 2.24) is 15.2 Å². The molecule has 138 valence electrons. The maximum atomic E-state index is 5.02. The fourth-order valence-corrected chi connectivity index (χ4v) is 3.17. The fourth-order valence-electron chi connectivity index (χ4n) is 3.17. The molecule has 1 rings (SSSR count). The molecule has 24 heavy (non-hydrogen) atoms. The Hall–Kier alpha value is -1.36. The van der Waals surface area contributed by atoms with E-state index in [0.29, 0.717) is 6.67 Å². The first-order chi connectivity index (χ1) is 11.4. The molecule has 1 fully saturated rings. The van der Waals surface area contributed by atoms with E-state index in [1.54, 1.807) is 0 Å². The van der Waals surface area contributed by atoms with Gasteiger partial charge in [-0.15, -0.1) is 0 Å². The second-order valence-corrected chi connectivity index (χ2v) is 7.23. The van der Waals surface area contributed by atoms with Gasteiger partial charge in [-0.1, -0.05) is 13.0 Å². The number of nitrogens with zero attached hydrogens (tertiary/aromatic N) is 4. The van der Waals surface area contributed by atoms with Crippen LogP contribution in [0.2, 0.25) is 0 Å². The lowest BCUT2D eigenvalue weighted by atomic mass is 10.0. The molecule has 0 atom stereocenters. The number of likely N-dealkylation sites (N-methyl/N-ethyl adjacent to an activating group) is 1. The van der Waals surface area contributed by atoms with Gasteiger partial charge in [-0.3, -0.25) is 5.01 Å². The molecular weight excluding hydrogens is 298 g/mol. The van der Waals surface area contributed by atoms with E-state index >= 15 is 0 Å². The van der Waals surface area contributed by atoms with Crippen molar-refractivity contribution in [3.05, 3.63) is 11.6 Å². The molecule has 0 aromatic heterocycles. The van der Waals surface area contributed by atoms with Crippen LogP contribution < -0.4 is 5.32 Å². The molecule has 1 aliphatic heterocycles. The van der Waals surface area contributed by atoms with Crippen LogP contribution in [0.25, 0.3) is 0 Å². The van der Waals surface area contributed by atoms with Crippen molar-refractivity contribution in [1.29, 1.82) is 0 Å². The molecule has 0 aliphatic carbocycles. The van der Waals surface area contributed by atoms with Crippen LogP contribution in [-0.2, 0) is 0 Å². The second-order valence-electron chi connectivity index (χ2n) is 7.23. The van der Waals surface area contributed by atoms with Gasteiger partial charge in [0.05, 0.1) is 0 Å². The van der Waals surface area contributed by atoms with Crippen molar-refractivity contribution in [2.75, 3.05) is 33.4 Å². The van der Waals surface area contributed by atoms with E-state index in [4.69, 9.17) is 4.99 Å². The van der Waals surface area contributed by atoms with Gasteiger partial charge in [0, 0.05) is 36.5 Å². The Morgan fingerprint density at radius 1 is 1.29 bits per heavy atom. The monoisotopic (exact) mass is 335 g/mol. The third-order valence-corrected chi connectivity index (χ3v) is 4.35. The zero-order valence-electron chi connectivity index (χ0n) is 16.8. The molecule has 0 bridgehead atoms. The second kappa shape index (κ2) is 9.82. The minimum atomic E-state index is 0.167. The molecule has 0 amide bonds. The number of amidine groups is 1. The van der Waals surface area contributed by atoms with E-state index in [0.717, 1.165) is 37.6 Å². The summed E-state index contributed by atoms with van der Waals surface area (Å²) in [5, 5.41) is 9.90. The number of likely N-dealkylation sites (tertiary alicyclic amines) is 1. The van der Waals surface area contributed by atoms with Gasteiger partial charge in [-0.2, -0.15) is 5.10 Å². The van der Waals surface area contributed by atoms with Gasteiger partial charge in [0.15, 0.2) is 0 Å². The Labute approximate surface area is 148 Å². The van der Waals surface area contributed by atoms with Crippen LogP contribution in [0.4, 0.5) is 0 Å². The molecule has 1 aliphatic rings. The summed E-state index contributed by atoms with van der Waals surface area (Å²) in [6, 6.07) is 0. The quantitative estimate of drug-likeness (QED) is 0.419. The number of allylic oxidation sites excluding steroid dienone is 1. The summed E-state index contributed by atoms with van der Waals surface area (Å²) in [6.07, 6.45) is 5.77. The van der Waals surface area contributed by atoms with Crippen molar-refractivity contribution in [3.8, 4) is 0 Å². The van der Waals surface area contributed by atoms with E-state index in [1.165, 1.54) is 18.4 Å². The van der Waals surface area contributed by atoms with Crippen LogP contribution in [0, 0.1) is 0 Å². The molecule has 1 heterocycles. The van der Waals surface area contributed by atoms with Crippen LogP contribution >= 0.6 is 0 Å². The van der Waals surface area contributed by atoms with Crippen molar-refractivity contribution >= 4 is 11.5 Å². The molecule has 1 saturated heterocycles. The van der Waals surface area contributed by atoms with Crippen molar-refractivity contribution in [3.63, 3.8) is 0 Å². The third kappa shape index (κ3) is 5.93. The average Bonchev–Trinajstić information content (AvgIpc) is 2.85. The Balaban J connectivity index is 3.14. The standard InChI is InChI=1S/C19H37N5/c1-8-11-17(14-20-7)18(24-13-10-12-19(24,5)6)21-15-23(9-2)22-16(3)4/h11,20H,8-10,12-15H2,1-7H3/b17-11-,21-18+. The molecule has 0 saturated carbocycles. The Morgan fingerprint density at radius 3 is 2.46 bits per heavy atom. The lowest BCUT2D eigenvalue weighted by Gasteiger charge is -2.36. The molecule has 0 unspecified atom stereocenters. The Kier molecular flexibility index (Phi) is 8.46. The van der Waals surface area contributed by atoms with E-state index < -0.39 is 0 Å². The topological polar surface area (TPSA) is 43.2 Å². The van der Waals surface area contributed by atoms with Gasteiger partial charge in [0.2, 0.25) is 0 Å². The third-order valence-electron chi connectivity index (χ3n) is 4.35. The maximum Gasteiger partial charge on any atom is 0.130 e. The minimum absolute atomic E-state index is 0.167. The van der Waals surface area contributed by atoms with Crippen LogP contribution in [0.5, 0.6) is 0 Å². The first kappa shape index (κ1) is 20.7. The Morgan fingerprint density at radius 2 is 2.00 bits per heavy atom. The summed E-state index contributed by atoms with van der Waals surface area (Å²) in [5.74, 6) is 1.14. The number of hydrogen-bond acceptors (Lipinski definition) is 4. The minimum Gasteiger partial charge on any atom is -0.351 e. The van der Waals surface area contributed by atoms with Crippen LogP contribution in [0.3, 0.4) is 0 Å². The first-order valence-electron chi connectivity index (χ1n) is 9.28. The molecule has 0 aromatic rings. The summed E-state index contributed by atoms with van der Waals surface area (Å²) in [5.41, 5.74) is 2.53. The maximum absolute atomic E-state index is 5.02. The lowest BCUT2D eigenvalue weighted by Crippen LogP contribution is -2.45. The lowest BCUT2D eigenvalue weighted by molar-refractivity contribution is 0.273. The summed E-state index contributed by atoms with van der Waals surface area (Å²) >= 11 is 0. The molecule has 1 N–H and O–H groups in total. The summed E-state index contributed by atoms with van der Waals surface area (Å²) in [4.78, 5) is 7.50. The average molecular weight is 336 g/mol. The molecule has 0 spiro atoms. The summed E-state index contributed by atoms with van der Waals surface area (Å²) in [6.45, 7) is 16.4. The van der Waals surface area contributed by atoms with E-state index in [2.05, 4.69) is 49.1 Å². The zero-order chi connectivity index (χ0) is 18.2. The van der Waals surface area contributed by atoms with Gasteiger partial charge in [-0.25, -0.2) is 4.99 Å². The normalized spacial score (nSPS) is 18.0. The van der Waals surface area contributed by atoms with Gasteiger partial charge in [-0.05, 0) is 60.9 Å². The number of hydrazone groups is 1. The molecule has 0 aromatic carbocycles. The fraction of sp³-hybridized carbons (Fsp3) is 0.789. The van der Waals surface area contributed by atoms with Crippen molar-refractivity contribution in [2.24, 2.45) is 10.1 Å². The number of hydrogen-bond donors (Lipinski definition) is 1. The van der Waals surface area contributed by atoms with E-state index in [9.17, 15) is 0 Å². The number of nitrogens with one attached hydrogen (secondary N) is 1. The highest BCUT2D eigenvalue weighted by Crippen LogP contribution is 2.30. The Bertz CT molecular complexity index is 472. The predicted octanol–water partition coefficient (Wildman–Crippen LogP) is 3.49. The van der Waals surface area contributed by atoms with Crippen LogP contribution in [-0.4, -0.2) is 60.3 Å². The highest BCUT2D eigenvalue weighted by molar-refractivity contribution is 5.99. The zero-order valence-corrected chi connectivity index (χ0v) is 16.8. The summed E-state index contributed by atoms with van der Waals surface area (Å²) in [7, 11) is 2.00. The molecule has 5 nitrogen and oxygen atoms in total. The molecule has 0 radical (unpaired) electrons. The van der Waals surface area contributed by atoms with E-state index in [-0.39, 0.29) is 5.54 Å².